The second-order valence-corrected chi connectivity index (χ2v) is 9.05. The maximum absolute atomic E-state index is 13.3. The van der Waals surface area contributed by atoms with Gasteiger partial charge in [-0.05, 0) is 67.5 Å². The summed E-state index contributed by atoms with van der Waals surface area (Å²) >= 11 is 6.24. The van der Waals surface area contributed by atoms with Gasteiger partial charge in [0.25, 0.3) is 5.91 Å². The minimum absolute atomic E-state index is 0.138. The number of carbonyl (C=O) groups excluding carboxylic acids is 2. The highest BCUT2D eigenvalue weighted by Gasteiger charge is 2.29. The van der Waals surface area contributed by atoms with Crippen LogP contribution in [-0.4, -0.2) is 35.9 Å². The van der Waals surface area contributed by atoms with E-state index in [1.165, 1.54) is 0 Å². The lowest BCUT2D eigenvalue weighted by Crippen LogP contribution is -2.50. The average Bonchev–Trinajstić information content (AvgIpc) is 2.75. The fourth-order valence-corrected chi connectivity index (χ4v) is 3.64. The number of amides is 2. The number of hydrogen-bond acceptors (Lipinski definition) is 3. The second-order valence-electron chi connectivity index (χ2n) is 8.67. The van der Waals surface area contributed by atoms with Gasteiger partial charge in [-0.3, -0.25) is 9.59 Å². The number of ether oxygens (including phenoxy) is 1. The van der Waals surface area contributed by atoms with Crippen molar-refractivity contribution in [2.75, 3.05) is 13.2 Å². The van der Waals surface area contributed by atoms with Crippen LogP contribution in [0.15, 0.2) is 36.4 Å². The summed E-state index contributed by atoms with van der Waals surface area (Å²) in [4.78, 5) is 27.9. The fraction of sp³-hybridized carbons (Fsp3) is 0.462. The van der Waals surface area contributed by atoms with Crippen LogP contribution in [0.4, 0.5) is 0 Å². The molecule has 0 spiro atoms. The second kappa shape index (κ2) is 11.9. The molecule has 0 aliphatic rings. The van der Waals surface area contributed by atoms with Crippen LogP contribution in [0.25, 0.3) is 0 Å². The maximum Gasteiger partial charge on any atom is 0.261 e. The van der Waals surface area contributed by atoms with E-state index in [4.69, 9.17) is 16.3 Å². The van der Waals surface area contributed by atoms with E-state index in [1.807, 2.05) is 77.9 Å². The first-order valence-corrected chi connectivity index (χ1v) is 11.5. The number of carbonyl (C=O) groups is 2. The van der Waals surface area contributed by atoms with Crippen molar-refractivity contribution in [2.45, 2.75) is 60.5 Å². The molecule has 2 amide bonds. The molecule has 1 N–H and O–H groups in total. The lowest BCUT2D eigenvalue weighted by atomic mass is 10.1. The molecule has 32 heavy (non-hydrogen) atoms. The maximum atomic E-state index is 13.3. The number of rotatable bonds is 10. The molecular formula is C26H35ClN2O3. The Hall–Kier alpha value is -2.53. The van der Waals surface area contributed by atoms with Crippen LogP contribution in [-0.2, 0) is 16.1 Å². The highest BCUT2D eigenvalue weighted by molar-refractivity contribution is 6.32. The Balaban J connectivity index is 2.24. The standard InChI is InChI=1S/C26H35ClN2O3/c1-7-23(26(31)28-14-17(2)3)29(15-21-11-9-8-10-18(21)4)24(30)16-32-22-12-19(5)25(27)20(6)13-22/h8-13,17,23H,7,14-16H2,1-6H3,(H,28,31)/t23-/m1/s1. The SMILES string of the molecule is CC[C@H](C(=O)NCC(C)C)N(Cc1ccccc1C)C(=O)COc1cc(C)c(Cl)c(C)c1. The first-order chi connectivity index (χ1) is 15.1. The van der Waals surface area contributed by atoms with Crippen molar-refractivity contribution >= 4 is 23.4 Å². The minimum atomic E-state index is -0.571. The normalized spacial score (nSPS) is 11.9. The van der Waals surface area contributed by atoms with E-state index >= 15 is 0 Å². The summed E-state index contributed by atoms with van der Waals surface area (Å²) in [5.74, 6) is 0.550. The molecular weight excluding hydrogens is 424 g/mol. The third kappa shape index (κ3) is 6.99. The van der Waals surface area contributed by atoms with Crippen LogP contribution < -0.4 is 10.1 Å². The number of benzene rings is 2. The molecule has 0 saturated heterocycles. The van der Waals surface area contributed by atoms with E-state index < -0.39 is 6.04 Å². The molecule has 0 aliphatic heterocycles. The van der Waals surface area contributed by atoms with Crippen molar-refractivity contribution < 1.29 is 14.3 Å². The van der Waals surface area contributed by atoms with E-state index in [1.54, 1.807) is 4.90 Å². The summed E-state index contributed by atoms with van der Waals surface area (Å²) in [6.45, 7) is 12.6. The fourth-order valence-electron chi connectivity index (χ4n) is 3.53. The summed E-state index contributed by atoms with van der Waals surface area (Å²) in [5, 5.41) is 3.67. The molecule has 0 radical (unpaired) electrons. The lowest BCUT2D eigenvalue weighted by Gasteiger charge is -2.31. The third-order valence-corrected chi connectivity index (χ3v) is 6.04. The summed E-state index contributed by atoms with van der Waals surface area (Å²) < 4.78 is 5.82. The van der Waals surface area contributed by atoms with Gasteiger partial charge < -0.3 is 15.0 Å². The first-order valence-electron chi connectivity index (χ1n) is 11.1. The Morgan fingerprint density at radius 3 is 2.25 bits per heavy atom. The van der Waals surface area contributed by atoms with Crippen LogP contribution in [0, 0.1) is 26.7 Å². The summed E-state index contributed by atoms with van der Waals surface area (Å²) in [5.41, 5.74) is 3.87. The molecule has 0 aliphatic carbocycles. The van der Waals surface area contributed by atoms with Gasteiger partial charge in [-0.15, -0.1) is 0 Å². The first kappa shape index (κ1) is 25.7. The van der Waals surface area contributed by atoms with Gasteiger partial charge in [0.1, 0.15) is 11.8 Å². The predicted octanol–water partition coefficient (Wildman–Crippen LogP) is 5.22. The number of halogens is 1. The van der Waals surface area contributed by atoms with Crippen molar-refractivity contribution in [3.63, 3.8) is 0 Å². The molecule has 0 bridgehead atoms. The summed E-state index contributed by atoms with van der Waals surface area (Å²) in [6, 6.07) is 11.0. The number of aryl methyl sites for hydroxylation is 3. The number of hydrogen-bond donors (Lipinski definition) is 1. The number of nitrogens with zero attached hydrogens (tertiary/aromatic N) is 1. The van der Waals surface area contributed by atoms with Crippen molar-refractivity contribution in [3.8, 4) is 5.75 Å². The number of nitrogens with one attached hydrogen (secondary N) is 1. The molecule has 0 saturated carbocycles. The smallest absolute Gasteiger partial charge is 0.261 e. The Morgan fingerprint density at radius 2 is 1.69 bits per heavy atom. The predicted molar refractivity (Wildman–Crippen MR) is 130 cm³/mol. The van der Waals surface area contributed by atoms with Crippen molar-refractivity contribution in [1.29, 1.82) is 0 Å². The van der Waals surface area contributed by atoms with Gasteiger partial charge in [-0.1, -0.05) is 56.6 Å². The van der Waals surface area contributed by atoms with E-state index in [-0.39, 0.29) is 18.4 Å². The Kier molecular flexibility index (Phi) is 9.58. The Labute approximate surface area is 197 Å². The average molecular weight is 459 g/mol. The zero-order valence-corrected chi connectivity index (χ0v) is 20.8. The molecule has 1 atom stereocenters. The Morgan fingerprint density at radius 1 is 1.06 bits per heavy atom. The topological polar surface area (TPSA) is 58.6 Å². The molecule has 6 heteroatoms. The van der Waals surface area contributed by atoms with E-state index in [0.717, 1.165) is 22.3 Å². The van der Waals surface area contributed by atoms with Crippen molar-refractivity contribution in [1.82, 2.24) is 10.2 Å². The molecule has 2 aromatic rings. The zero-order valence-electron chi connectivity index (χ0n) is 20.0. The van der Waals surface area contributed by atoms with Crippen LogP contribution in [0.1, 0.15) is 49.4 Å². The molecule has 5 nitrogen and oxygen atoms in total. The van der Waals surface area contributed by atoms with Crippen LogP contribution in [0.3, 0.4) is 0 Å². The van der Waals surface area contributed by atoms with E-state index in [2.05, 4.69) is 5.32 Å². The van der Waals surface area contributed by atoms with Gasteiger partial charge in [-0.25, -0.2) is 0 Å². The summed E-state index contributed by atoms with van der Waals surface area (Å²) in [7, 11) is 0. The molecule has 174 valence electrons. The Bertz CT molecular complexity index is 919. The van der Waals surface area contributed by atoms with Crippen LogP contribution >= 0.6 is 11.6 Å². The van der Waals surface area contributed by atoms with Gasteiger partial charge in [-0.2, -0.15) is 0 Å². The van der Waals surface area contributed by atoms with Gasteiger partial charge in [0.05, 0.1) is 0 Å². The third-order valence-electron chi connectivity index (χ3n) is 5.44. The zero-order chi connectivity index (χ0) is 23.8. The van der Waals surface area contributed by atoms with Gasteiger partial charge in [0.2, 0.25) is 5.91 Å². The highest BCUT2D eigenvalue weighted by atomic mass is 35.5. The lowest BCUT2D eigenvalue weighted by molar-refractivity contribution is -0.143. The molecule has 2 rings (SSSR count). The van der Waals surface area contributed by atoms with Crippen molar-refractivity contribution in [3.05, 3.63) is 63.7 Å². The molecule has 2 aromatic carbocycles. The monoisotopic (exact) mass is 458 g/mol. The van der Waals surface area contributed by atoms with Gasteiger partial charge in [0.15, 0.2) is 6.61 Å². The van der Waals surface area contributed by atoms with Crippen LogP contribution in [0.5, 0.6) is 5.75 Å². The van der Waals surface area contributed by atoms with Crippen molar-refractivity contribution in [2.24, 2.45) is 5.92 Å². The van der Waals surface area contributed by atoms with E-state index in [9.17, 15) is 9.59 Å². The largest absolute Gasteiger partial charge is 0.484 e. The van der Waals surface area contributed by atoms with E-state index in [0.29, 0.717) is 36.2 Å². The van der Waals surface area contributed by atoms with Gasteiger partial charge >= 0.3 is 0 Å². The molecule has 0 aromatic heterocycles. The quantitative estimate of drug-likeness (QED) is 0.530. The molecule has 0 fully saturated rings. The molecule has 0 heterocycles. The highest BCUT2D eigenvalue weighted by Crippen LogP contribution is 2.26. The van der Waals surface area contributed by atoms with Crippen LogP contribution in [0.2, 0.25) is 5.02 Å². The molecule has 0 unspecified atom stereocenters. The minimum Gasteiger partial charge on any atom is -0.484 e. The summed E-state index contributed by atoms with van der Waals surface area (Å²) in [6.07, 6.45) is 0.515. The van der Waals surface area contributed by atoms with Gasteiger partial charge in [0, 0.05) is 18.1 Å².